The maximum atomic E-state index is 12.9. The number of alkyl carbamates (subject to hydrolysis) is 1. The largest absolute Gasteiger partial charge is 0.444 e. The minimum absolute atomic E-state index is 0.113. The first-order valence-electron chi connectivity index (χ1n) is 8.71. The van der Waals surface area contributed by atoms with E-state index in [1.165, 1.54) is 4.90 Å². The molecule has 1 aromatic carbocycles. The maximum absolute atomic E-state index is 12.9. The summed E-state index contributed by atoms with van der Waals surface area (Å²) in [5, 5.41) is 2.60. The molecule has 1 aliphatic rings. The maximum Gasteiger partial charge on any atom is 0.414 e. The van der Waals surface area contributed by atoms with E-state index in [1.54, 1.807) is 33.9 Å². The van der Waals surface area contributed by atoms with Crippen LogP contribution >= 0.6 is 0 Å². The number of ether oxygens (including phenoxy) is 1. The van der Waals surface area contributed by atoms with Crippen LogP contribution in [0.4, 0.5) is 10.5 Å². The molecular weight excluding hydrogens is 332 g/mol. The summed E-state index contributed by atoms with van der Waals surface area (Å²) in [5.41, 5.74) is 5.87. The van der Waals surface area contributed by atoms with Gasteiger partial charge in [0.25, 0.3) is 0 Å². The Labute approximate surface area is 154 Å². The first kappa shape index (κ1) is 19.8. The number of guanidine groups is 1. The van der Waals surface area contributed by atoms with Crippen molar-refractivity contribution in [3.63, 3.8) is 0 Å². The third kappa shape index (κ3) is 3.98. The highest BCUT2D eigenvalue weighted by Crippen LogP contribution is 2.40. The van der Waals surface area contributed by atoms with Gasteiger partial charge in [0, 0.05) is 12.7 Å². The molecule has 142 valence electrons. The Bertz CT molecular complexity index is 739. The average Bonchev–Trinajstić information content (AvgIpc) is 2.51. The quantitative estimate of drug-likeness (QED) is 0.793. The molecule has 0 spiro atoms. The Hall–Kier alpha value is -2.57. The van der Waals surface area contributed by atoms with Crippen molar-refractivity contribution in [1.29, 1.82) is 0 Å². The first-order chi connectivity index (χ1) is 12.0. The summed E-state index contributed by atoms with van der Waals surface area (Å²) in [6, 6.07) is 7.33. The number of nitrogen functional groups attached to an aromatic ring is 1. The number of nitrogens with two attached hydrogens (primary N) is 1. The number of carbonyl (C=O) groups excluding carboxylic acids is 2. The van der Waals surface area contributed by atoms with E-state index in [0.29, 0.717) is 12.1 Å². The Morgan fingerprint density at radius 1 is 1.42 bits per heavy atom. The predicted molar refractivity (Wildman–Crippen MR) is 102 cm³/mol. The Morgan fingerprint density at radius 3 is 2.62 bits per heavy atom. The number of amides is 2. The van der Waals surface area contributed by atoms with Gasteiger partial charge in [-0.15, -0.1) is 0 Å². The van der Waals surface area contributed by atoms with E-state index in [4.69, 9.17) is 15.5 Å². The fourth-order valence-corrected chi connectivity index (χ4v) is 3.15. The number of anilines is 1. The zero-order valence-corrected chi connectivity index (χ0v) is 16.3. The van der Waals surface area contributed by atoms with Crippen molar-refractivity contribution in [3.05, 3.63) is 29.8 Å². The van der Waals surface area contributed by atoms with E-state index < -0.39 is 17.2 Å². The lowest BCUT2D eigenvalue weighted by molar-refractivity contribution is -0.134. The van der Waals surface area contributed by atoms with Gasteiger partial charge in [0.05, 0.1) is 11.5 Å². The highest BCUT2D eigenvalue weighted by atomic mass is 16.6. The fourth-order valence-electron chi connectivity index (χ4n) is 3.15. The van der Waals surface area contributed by atoms with Gasteiger partial charge in [-0.25, -0.2) is 9.79 Å². The van der Waals surface area contributed by atoms with Gasteiger partial charge in [-0.3, -0.25) is 15.0 Å². The van der Waals surface area contributed by atoms with E-state index in [9.17, 15) is 9.59 Å². The Kier molecular flexibility index (Phi) is 5.30. The van der Waals surface area contributed by atoms with Crippen molar-refractivity contribution in [3.8, 4) is 0 Å². The van der Waals surface area contributed by atoms with Crippen LogP contribution < -0.4 is 11.1 Å². The van der Waals surface area contributed by atoms with Gasteiger partial charge in [-0.1, -0.05) is 19.1 Å². The molecule has 0 fully saturated rings. The van der Waals surface area contributed by atoms with Crippen molar-refractivity contribution in [2.24, 2.45) is 10.9 Å². The van der Waals surface area contributed by atoms with Crippen molar-refractivity contribution >= 4 is 23.6 Å². The SMILES string of the molecule is CC[C@H]1C(=O)N(C)C(NC(=O)OC(C)(C)C)=N[C@]1(C)c1cccc(N)c1. The van der Waals surface area contributed by atoms with Gasteiger partial charge in [-0.2, -0.15) is 0 Å². The third-order valence-electron chi connectivity index (χ3n) is 4.46. The molecule has 1 heterocycles. The summed E-state index contributed by atoms with van der Waals surface area (Å²) >= 11 is 0. The molecule has 26 heavy (non-hydrogen) atoms. The van der Waals surface area contributed by atoms with Gasteiger partial charge in [-0.05, 0) is 51.8 Å². The summed E-state index contributed by atoms with van der Waals surface area (Å²) in [4.78, 5) is 31.2. The number of nitrogens with one attached hydrogen (secondary N) is 1. The molecule has 0 aromatic heterocycles. The van der Waals surface area contributed by atoms with E-state index in [2.05, 4.69) is 5.32 Å². The molecule has 2 rings (SSSR count). The van der Waals surface area contributed by atoms with Gasteiger partial charge >= 0.3 is 6.09 Å². The highest BCUT2D eigenvalue weighted by molar-refractivity contribution is 6.05. The zero-order chi connectivity index (χ0) is 19.7. The number of hydrogen-bond donors (Lipinski definition) is 2. The monoisotopic (exact) mass is 360 g/mol. The third-order valence-corrected chi connectivity index (χ3v) is 4.46. The average molecular weight is 360 g/mol. The van der Waals surface area contributed by atoms with Crippen LogP contribution in [0.5, 0.6) is 0 Å². The topological polar surface area (TPSA) is 97.0 Å². The summed E-state index contributed by atoms with van der Waals surface area (Å²) in [6.45, 7) is 9.15. The number of benzene rings is 1. The van der Waals surface area contributed by atoms with Crippen LogP contribution in [-0.2, 0) is 15.1 Å². The van der Waals surface area contributed by atoms with Gasteiger partial charge in [0.15, 0.2) is 0 Å². The van der Waals surface area contributed by atoms with Crippen LogP contribution in [0.25, 0.3) is 0 Å². The smallest absolute Gasteiger partial charge is 0.414 e. The molecule has 0 radical (unpaired) electrons. The van der Waals surface area contributed by atoms with Crippen molar-refractivity contribution in [2.75, 3.05) is 12.8 Å². The second kappa shape index (κ2) is 6.97. The Morgan fingerprint density at radius 2 is 2.08 bits per heavy atom. The van der Waals surface area contributed by atoms with Crippen molar-refractivity contribution in [1.82, 2.24) is 10.2 Å². The molecule has 0 bridgehead atoms. The van der Waals surface area contributed by atoms with Gasteiger partial charge < -0.3 is 10.5 Å². The predicted octanol–water partition coefficient (Wildman–Crippen LogP) is 2.86. The molecule has 0 saturated carbocycles. The second-order valence-electron chi connectivity index (χ2n) is 7.69. The molecule has 1 aliphatic heterocycles. The highest BCUT2D eigenvalue weighted by Gasteiger charge is 2.46. The zero-order valence-electron chi connectivity index (χ0n) is 16.3. The van der Waals surface area contributed by atoms with E-state index in [1.807, 2.05) is 32.0 Å². The molecule has 0 aliphatic carbocycles. The summed E-state index contributed by atoms with van der Waals surface area (Å²) in [6.07, 6.45) is -0.0432. The first-order valence-corrected chi connectivity index (χ1v) is 8.71. The van der Waals surface area contributed by atoms with Crippen LogP contribution in [0.2, 0.25) is 0 Å². The number of hydrogen-bond acceptors (Lipinski definition) is 5. The lowest BCUT2D eigenvalue weighted by atomic mass is 9.76. The molecule has 1 aromatic rings. The fraction of sp³-hybridized carbons (Fsp3) is 0.526. The molecule has 7 heteroatoms. The van der Waals surface area contributed by atoms with Crippen LogP contribution in [0.1, 0.15) is 46.6 Å². The number of nitrogens with zero attached hydrogens (tertiary/aromatic N) is 2. The molecule has 2 atom stereocenters. The van der Waals surface area contributed by atoms with E-state index >= 15 is 0 Å². The van der Waals surface area contributed by atoms with E-state index in [-0.39, 0.29) is 17.8 Å². The van der Waals surface area contributed by atoms with Crippen LogP contribution in [0, 0.1) is 5.92 Å². The van der Waals surface area contributed by atoms with Gasteiger partial charge in [0.1, 0.15) is 5.60 Å². The lowest BCUT2D eigenvalue weighted by Crippen LogP contribution is -2.56. The van der Waals surface area contributed by atoms with Crippen LogP contribution in [-0.4, -0.2) is 35.5 Å². The van der Waals surface area contributed by atoms with E-state index in [0.717, 1.165) is 5.56 Å². The van der Waals surface area contributed by atoms with Crippen molar-refractivity contribution in [2.45, 2.75) is 52.2 Å². The van der Waals surface area contributed by atoms with Crippen LogP contribution in [0.15, 0.2) is 29.3 Å². The summed E-state index contributed by atoms with van der Waals surface area (Å²) in [7, 11) is 1.60. The molecule has 0 unspecified atom stereocenters. The van der Waals surface area contributed by atoms with Crippen LogP contribution in [0.3, 0.4) is 0 Å². The molecular formula is C19H28N4O3. The number of rotatable bonds is 2. The standard InChI is InChI=1S/C19H28N4O3/c1-7-14-15(24)23(6)16(21-17(25)26-18(2,3)4)22-19(14,5)12-9-8-10-13(20)11-12/h8-11,14H,7,20H2,1-6H3,(H,21,22,25)/t14-,19+/m0/s1. The molecule has 3 N–H and O–H groups in total. The van der Waals surface area contributed by atoms with Gasteiger partial charge in [0.2, 0.25) is 11.9 Å². The number of carbonyl (C=O) groups is 2. The molecule has 7 nitrogen and oxygen atoms in total. The summed E-state index contributed by atoms with van der Waals surface area (Å²) < 4.78 is 5.28. The Balaban J connectivity index is 2.46. The minimum atomic E-state index is -0.835. The lowest BCUT2D eigenvalue weighted by Gasteiger charge is -2.41. The summed E-state index contributed by atoms with van der Waals surface area (Å²) in [5.74, 6) is -0.309. The normalized spacial score (nSPS) is 23.5. The molecule has 0 saturated heterocycles. The van der Waals surface area contributed by atoms with Crippen molar-refractivity contribution < 1.29 is 14.3 Å². The molecule has 2 amide bonds. The second-order valence-corrected chi connectivity index (χ2v) is 7.69. The minimum Gasteiger partial charge on any atom is -0.444 e. The number of aliphatic imine (C=N–C) groups is 1.